The summed E-state index contributed by atoms with van der Waals surface area (Å²) in [6, 6.07) is -0.797. The van der Waals surface area contributed by atoms with Crippen LogP contribution in [0.25, 0.3) is 0 Å². The fourth-order valence-electron chi connectivity index (χ4n) is 10.2. The Bertz CT molecular complexity index is 1110. The van der Waals surface area contributed by atoms with Crippen molar-refractivity contribution >= 4 is 5.91 Å². The summed E-state index contributed by atoms with van der Waals surface area (Å²) in [5.41, 5.74) is 0. The van der Waals surface area contributed by atoms with Gasteiger partial charge in [0.1, 0.15) is 24.4 Å². The second-order valence-corrected chi connectivity index (χ2v) is 21.9. The number of amides is 1. The second-order valence-electron chi connectivity index (χ2n) is 21.9. The summed E-state index contributed by atoms with van der Waals surface area (Å²) in [5, 5.41) is 54.0. The quantitative estimate of drug-likeness (QED) is 0.0261. The van der Waals surface area contributed by atoms with Gasteiger partial charge in [0.2, 0.25) is 5.91 Å². The fourth-order valence-corrected chi connectivity index (χ4v) is 10.2. The molecule has 0 aromatic rings. The summed E-state index contributed by atoms with van der Waals surface area (Å²) in [7, 11) is 0. The summed E-state index contributed by atoms with van der Waals surface area (Å²) in [6.07, 6.45) is 58.2. The number of nitrogens with one attached hydrogen (secondary N) is 1. The zero-order valence-corrected chi connectivity index (χ0v) is 46.3. The highest BCUT2D eigenvalue weighted by Crippen LogP contribution is 2.23. The van der Waals surface area contributed by atoms with Crippen molar-refractivity contribution in [2.24, 2.45) is 0 Å². The predicted octanol–water partition coefficient (Wildman–Crippen LogP) is 15.6. The van der Waals surface area contributed by atoms with E-state index in [1.807, 2.05) is 6.08 Å². The maximum absolute atomic E-state index is 12.9. The van der Waals surface area contributed by atoms with Crippen LogP contribution in [0.4, 0.5) is 0 Å². The van der Waals surface area contributed by atoms with Gasteiger partial charge in [0.05, 0.1) is 25.4 Å². The third kappa shape index (κ3) is 40.3. The highest BCUT2D eigenvalue weighted by molar-refractivity contribution is 5.76. The van der Waals surface area contributed by atoms with Gasteiger partial charge in [-0.15, -0.1) is 0 Å². The van der Waals surface area contributed by atoms with E-state index in [2.05, 4.69) is 19.2 Å². The van der Waals surface area contributed by atoms with Crippen molar-refractivity contribution in [3.8, 4) is 0 Å². The molecular formula is C61H119NO8. The van der Waals surface area contributed by atoms with E-state index in [-0.39, 0.29) is 12.5 Å². The molecule has 1 saturated heterocycles. The molecule has 0 saturated carbocycles. The molecule has 9 nitrogen and oxygen atoms in total. The van der Waals surface area contributed by atoms with Crippen LogP contribution in [0.1, 0.15) is 316 Å². The Morgan fingerprint density at radius 3 is 1.11 bits per heavy atom. The molecule has 1 heterocycles. The molecule has 7 unspecified atom stereocenters. The number of hydrogen-bond donors (Lipinski definition) is 6. The lowest BCUT2D eigenvalue weighted by atomic mass is 9.99. The molecule has 0 radical (unpaired) electrons. The second kappa shape index (κ2) is 51.4. The van der Waals surface area contributed by atoms with Gasteiger partial charge in [-0.3, -0.25) is 4.79 Å². The minimum atomic E-state index is -1.56. The lowest BCUT2D eigenvalue weighted by molar-refractivity contribution is -0.302. The Kier molecular flexibility index (Phi) is 49.2. The molecule has 0 aliphatic carbocycles. The standard InChI is InChI=1S/C61H119NO8/c1-3-5-7-9-11-12-13-14-15-16-17-18-19-20-21-22-23-24-25-26-27-28-29-30-31-32-33-34-35-36-37-38-39-40-41-42-43-44-45-47-49-51-57(65)62-54(55(64)50-48-46-10-8-6-4-2)53-69-61-60(68)59(67)58(66)56(52-63)70-61/h48,50,54-56,58-61,63-64,66-68H,3-47,49,51-53H2,1-2H3,(H,62,65)/b50-48+. The molecule has 1 aliphatic heterocycles. The van der Waals surface area contributed by atoms with Gasteiger partial charge in [0.25, 0.3) is 0 Å². The minimum absolute atomic E-state index is 0.176. The van der Waals surface area contributed by atoms with E-state index in [1.54, 1.807) is 6.08 Å². The van der Waals surface area contributed by atoms with Gasteiger partial charge in [0.15, 0.2) is 6.29 Å². The van der Waals surface area contributed by atoms with E-state index in [0.29, 0.717) is 6.42 Å². The van der Waals surface area contributed by atoms with Gasteiger partial charge in [-0.2, -0.15) is 0 Å². The minimum Gasteiger partial charge on any atom is -0.394 e. The molecular weight excluding hydrogens is 875 g/mol. The van der Waals surface area contributed by atoms with E-state index in [1.165, 1.54) is 250 Å². The first-order chi connectivity index (χ1) is 34.3. The third-order valence-electron chi connectivity index (χ3n) is 15.1. The van der Waals surface area contributed by atoms with Crippen molar-refractivity contribution in [3.63, 3.8) is 0 Å². The van der Waals surface area contributed by atoms with E-state index < -0.39 is 49.5 Å². The van der Waals surface area contributed by atoms with Crippen LogP contribution in [0, 0.1) is 0 Å². The first-order valence-corrected chi connectivity index (χ1v) is 30.9. The van der Waals surface area contributed by atoms with Gasteiger partial charge in [0, 0.05) is 6.42 Å². The van der Waals surface area contributed by atoms with Gasteiger partial charge >= 0.3 is 0 Å². The average molecular weight is 995 g/mol. The number of allylic oxidation sites excluding steroid dienone is 1. The fraction of sp³-hybridized carbons (Fsp3) is 0.951. The van der Waals surface area contributed by atoms with Crippen LogP contribution in [0.5, 0.6) is 0 Å². The number of ether oxygens (including phenoxy) is 2. The summed E-state index contributed by atoms with van der Waals surface area (Å²) in [6.45, 7) is 3.72. The van der Waals surface area contributed by atoms with Gasteiger partial charge < -0.3 is 40.3 Å². The highest BCUT2D eigenvalue weighted by Gasteiger charge is 2.44. The number of carbonyl (C=O) groups excluding carboxylic acids is 1. The Morgan fingerprint density at radius 2 is 0.786 bits per heavy atom. The zero-order chi connectivity index (χ0) is 50.8. The average Bonchev–Trinajstić information content (AvgIpc) is 3.36. The summed E-state index contributed by atoms with van der Waals surface area (Å²) >= 11 is 0. The number of carbonyl (C=O) groups is 1. The predicted molar refractivity (Wildman–Crippen MR) is 295 cm³/mol. The van der Waals surface area contributed by atoms with Crippen molar-refractivity contribution in [1.82, 2.24) is 5.32 Å². The smallest absolute Gasteiger partial charge is 0.220 e. The Balaban J connectivity index is 1.90. The van der Waals surface area contributed by atoms with Crippen molar-refractivity contribution in [3.05, 3.63) is 12.2 Å². The molecule has 0 aromatic carbocycles. The molecule has 1 amide bonds. The Morgan fingerprint density at radius 1 is 0.471 bits per heavy atom. The van der Waals surface area contributed by atoms with Crippen molar-refractivity contribution in [2.45, 2.75) is 358 Å². The summed E-state index contributed by atoms with van der Waals surface area (Å²) < 4.78 is 11.2. The molecule has 1 fully saturated rings. The Labute approximate surface area is 433 Å². The normalized spacial score (nSPS) is 19.3. The van der Waals surface area contributed by atoms with Crippen molar-refractivity contribution in [2.75, 3.05) is 13.2 Å². The van der Waals surface area contributed by atoms with Crippen LogP contribution in [0.15, 0.2) is 12.2 Å². The molecule has 1 aliphatic rings. The summed E-state index contributed by atoms with van der Waals surface area (Å²) in [5.74, 6) is -0.176. The molecule has 0 aromatic heterocycles. The van der Waals surface area contributed by atoms with E-state index in [0.717, 1.165) is 44.9 Å². The number of aliphatic hydroxyl groups excluding tert-OH is 5. The van der Waals surface area contributed by atoms with Crippen molar-refractivity contribution in [1.29, 1.82) is 0 Å². The molecule has 7 atom stereocenters. The van der Waals surface area contributed by atoms with Crippen LogP contribution >= 0.6 is 0 Å². The molecule has 0 bridgehead atoms. The maximum Gasteiger partial charge on any atom is 0.220 e. The monoisotopic (exact) mass is 994 g/mol. The third-order valence-corrected chi connectivity index (χ3v) is 15.1. The zero-order valence-electron chi connectivity index (χ0n) is 46.3. The van der Waals surface area contributed by atoms with Crippen LogP contribution in [0.2, 0.25) is 0 Å². The lowest BCUT2D eigenvalue weighted by Crippen LogP contribution is -2.60. The number of rotatable bonds is 54. The van der Waals surface area contributed by atoms with Gasteiger partial charge in [-0.1, -0.05) is 302 Å². The molecule has 416 valence electrons. The van der Waals surface area contributed by atoms with Crippen LogP contribution in [-0.2, 0) is 14.3 Å². The van der Waals surface area contributed by atoms with E-state index in [9.17, 15) is 30.3 Å². The number of unbranched alkanes of at least 4 members (excludes halogenated alkanes) is 44. The molecule has 70 heavy (non-hydrogen) atoms. The number of aliphatic hydroxyl groups is 5. The van der Waals surface area contributed by atoms with Crippen LogP contribution < -0.4 is 5.32 Å². The molecule has 1 rings (SSSR count). The first-order valence-electron chi connectivity index (χ1n) is 30.9. The SMILES string of the molecule is CCCCCC/C=C/C(O)C(COC1OC(CO)C(O)C(O)C1O)NC(=O)CCCCCCCCCCCCCCCCCCCCCCCCCCCCCCCCCCCCCCCCCCC. The number of hydrogen-bond acceptors (Lipinski definition) is 8. The molecule has 9 heteroatoms. The summed E-state index contributed by atoms with van der Waals surface area (Å²) in [4.78, 5) is 12.9. The Hall–Kier alpha value is -1.07. The lowest BCUT2D eigenvalue weighted by Gasteiger charge is -2.40. The highest BCUT2D eigenvalue weighted by atomic mass is 16.7. The topological polar surface area (TPSA) is 149 Å². The molecule has 6 N–H and O–H groups in total. The van der Waals surface area contributed by atoms with Crippen LogP contribution in [0.3, 0.4) is 0 Å². The van der Waals surface area contributed by atoms with Crippen LogP contribution in [-0.4, -0.2) is 87.5 Å². The van der Waals surface area contributed by atoms with Gasteiger partial charge in [-0.25, -0.2) is 0 Å². The molecule has 0 spiro atoms. The van der Waals surface area contributed by atoms with E-state index >= 15 is 0 Å². The maximum atomic E-state index is 12.9. The first kappa shape index (κ1) is 66.9. The largest absolute Gasteiger partial charge is 0.394 e. The van der Waals surface area contributed by atoms with Crippen molar-refractivity contribution < 1.29 is 39.8 Å². The van der Waals surface area contributed by atoms with E-state index in [4.69, 9.17) is 9.47 Å². The van der Waals surface area contributed by atoms with Gasteiger partial charge in [-0.05, 0) is 19.3 Å².